The third-order valence-electron chi connectivity index (χ3n) is 3.65. The van der Waals surface area contributed by atoms with Gasteiger partial charge >= 0.3 is 0 Å². The van der Waals surface area contributed by atoms with E-state index in [1.54, 1.807) is 31.2 Å². The smallest absolute Gasteiger partial charge is 0.279 e. The predicted molar refractivity (Wildman–Crippen MR) is 89.8 cm³/mol. The first-order valence-electron chi connectivity index (χ1n) is 8.25. The molecule has 0 unspecified atom stereocenters. The van der Waals surface area contributed by atoms with E-state index in [1.165, 1.54) is 4.90 Å². The lowest BCUT2D eigenvalue weighted by molar-refractivity contribution is -0.135. The number of benzene rings is 1. The van der Waals surface area contributed by atoms with E-state index in [0.29, 0.717) is 25.3 Å². The standard InChI is InChI=1S/C17H23N3O5/c1-3-24-13-6-8-14(9-7-13)25-12(2)17(23)19-18-15(21)11-20-10-4-5-16(20)22/h6-9,12H,3-5,10-11H2,1-2H3,(H,18,21)(H,19,23)/t12-/m1/s1. The van der Waals surface area contributed by atoms with Gasteiger partial charge in [0.25, 0.3) is 11.8 Å². The van der Waals surface area contributed by atoms with Crippen LogP contribution < -0.4 is 20.3 Å². The summed E-state index contributed by atoms with van der Waals surface area (Å²) < 4.78 is 10.8. The first kappa shape index (κ1) is 18.6. The third-order valence-corrected chi connectivity index (χ3v) is 3.65. The third kappa shape index (κ3) is 5.66. The van der Waals surface area contributed by atoms with Gasteiger partial charge in [-0.3, -0.25) is 25.2 Å². The van der Waals surface area contributed by atoms with Crippen LogP contribution in [0.4, 0.5) is 0 Å². The SMILES string of the molecule is CCOc1ccc(O[C@H](C)C(=O)NNC(=O)CN2CCCC2=O)cc1. The van der Waals surface area contributed by atoms with Gasteiger partial charge in [-0.05, 0) is 44.5 Å². The predicted octanol–water partition coefficient (Wildman–Crippen LogP) is 0.622. The normalized spacial score (nSPS) is 14.8. The summed E-state index contributed by atoms with van der Waals surface area (Å²) in [6.07, 6.45) is 0.421. The van der Waals surface area contributed by atoms with E-state index in [0.717, 1.165) is 12.2 Å². The Morgan fingerprint density at radius 3 is 2.48 bits per heavy atom. The summed E-state index contributed by atoms with van der Waals surface area (Å²) in [5, 5.41) is 0. The summed E-state index contributed by atoms with van der Waals surface area (Å²) in [6.45, 7) is 4.54. The van der Waals surface area contributed by atoms with E-state index in [9.17, 15) is 14.4 Å². The van der Waals surface area contributed by atoms with Crippen molar-refractivity contribution >= 4 is 17.7 Å². The summed E-state index contributed by atoms with van der Waals surface area (Å²) in [5.74, 6) is 0.247. The molecule has 1 aliphatic rings. The summed E-state index contributed by atoms with van der Waals surface area (Å²) in [5.41, 5.74) is 4.59. The zero-order valence-corrected chi connectivity index (χ0v) is 14.4. The molecule has 2 N–H and O–H groups in total. The molecule has 0 saturated carbocycles. The molecule has 0 radical (unpaired) electrons. The van der Waals surface area contributed by atoms with Gasteiger partial charge < -0.3 is 14.4 Å². The van der Waals surface area contributed by atoms with E-state index in [4.69, 9.17) is 9.47 Å². The Kier molecular flexibility index (Phi) is 6.62. The van der Waals surface area contributed by atoms with Crippen LogP contribution in [0.15, 0.2) is 24.3 Å². The van der Waals surface area contributed by atoms with Crippen molar-refractivity contribution in [3.63, 3.8) is 0 Å². The maximum absolute atomic E-state index is 12.0. The van der Waals surface area contributed by atoms with Crippen molar-refractivity contribution in [2.75, 3.05) is 19.7 Å². The monoisotopic (exact) mass is 349 g/mol. The number of hydrazine groups is 1. The molecule has 1 fully saturated rings. The topological polar surface area (TPSA) is 97.0 Å². The second-order valence-corrected chi connectivity index (χ2v) is 5.62. The van der Waals surface area contributed by atoms with Gasteiger partial charge in [-0.25, -0.2) is 0 Å². The Bertz CT molecular complexity index is 617. The highest BCUT2D eigenvalue weighted by Crippen LogP contribution is 2.18. The average Bonchev–Trinajstić information content (AvgIpc) is 2.99. The summed E-state index contributed by atoms with van der Waals surface area (Å²) in [7, 11) is 0. The quantitative estimate of drug-likeness (QED) is 0.704. The van der Waals surface area contributed by atoms with Crippen molar-refractivity contribution in [2.24, 2.45) is 0 Å². The Hall–Kier alpha value is -2.77. The highest BCUT2D eigenvalue weighted by Gasteiger charge is 2.23. The summed E-state index contributed by atoms with van der Waals surface area (Å²) >= 11 is 0. The van der Waals surface area contributed by atoms with Gasteiger partial charge in [-0.1, -0.05) is 0 Å². The molecule has 8 heteroatoms. The number of nitrogens with zero attached hydrogens (tertiary/aromatic N) is 1. The number of amides is 3. The summed E-state index contributed by atoms with van der Waals surface area (Å²) in [4.78, 5) is 36.6. The maximum atomic E-state index is 12.0. The first-order chi connectivity index (χ1) is 12.0. The van der Waals surface area contributed by atoms with Crippen molar-refractivity contribution in [3.05, 3.63) is 24.3 Å². The molecule has 1 aliphatic heterocycles. The van der Waals surface area contributed by atoms with Crippen LogP contribution in [0, 0.1) is 0 Å². The number of carbonyl (C=O) groups is 3. The molecular weight excluding hydrogens is 326 g/mol. The first-order valence-corrected chi connectivity index (χ1v) is 8.25. The van der Waals surface area contributed by atoms with Crippen molar-refractivity contribution in [2.45, 2.75) is 32.8 Å². The van der Waals surface area contributed by atoms with Crippen LogP contribution in [-0.2, 0) is 14.4 Å². The molecule has 0 bridgehead atoms. The minimum Gasteiger partial charge on any atom is -0.494 e. The van der Waals surface area contributed by atoms with Crippen LogP contribution in [-0.4, -0.2) is 48.4 Å². The lowest BCUT2D eigenvalue weighted by Crippen LogP contribution is -2.50. The number of hydrogen-bond donors (Lipinski definition) is 2. The molecule has 0 spiro atoms. The Morgan fingerprint density at radius 2 is 1.88 bits per heavy atom. The largest absolute Gasteiger partial charge is 0.494 e. The molecular formula is C17H23N3O5. The van der Waals surface area contributed by atoms with E-state index in [-0.39, 0.29) is 12.5 Å². The molecule has 0 aliphatic carbocycles. The van der Waals surface area contributed by atoms with Crippen molar-refractivity contribution in [1.29, 1.82) is 0 Å². The molecule has 1 atom stereocenters. The van der Waals surface area contributed by atoms with Gasteiger partial charge in [-0.2, -0.15) is 0 Å². The van der Waals surface area contributed by atoms with Crippen LogP contribution in [0.2, 0.25) is 0 Å². The van der Waals surface area contributed by atoms with Gasteiger partial charge in [-0.15, -0.1) is 0 Å². The Labute approximate surface area is 146 Å². The number of nitrogens with one attached hydrogen (secondary N) is 2. The molecule has 1 heterocycles. The number of carbonyl (C=O) groups excluding carboxylic acids is 3. The molecule has 25 heavy (non-hydrogen) atoms. The zero-order chi connectivity index (χ0) is 18.2. The fourth-order valence-electron chi connectivity index (χ4n) is 2.36. The van der Waals surface area contributed by atoms with E-state index < -0.39 is 17.9 Å². The second-order valence-electron chi connectivity index (χ2n) is 5.62. The molecule has 2 rings (SSSR count). The number of rotatable bonds is 7. The highest BCUT2D eigenvalue weighted by molar-refractivity contribution is 5.88. The fraction of sp³-hybridized carbons (Fsp3) is 0.471. The summed E-state index contributed by atoms with van der Waals surface area (Å²) in [6, 6.07) is 6.90. The number of hydrogen-bond acceptors (Lipinski definition) is 5. The van der Waals surface area contributed by atoms with Crippen molar-refractivity contribution in [3.8, 4) is 11.5 Å². The fourth-order valence-corrected chi connectivity index (χ4v) is 2.36. The van der Waals surface area contributed by atoms with E-state index in [1.807, 2.05) is 6.92 Å². The maximum Gasteiger partial charge on any atom is 0.279 e. The van der Waals surface area contributed by atoms with Gasteiger partial charge in [0.05, 0.1) is 6.61 Å². The lowest BCUT2D eigenvalue weighted by atomic mass is 10.3. The molecule has 3 amide bonds. The van der Waals surface area contributed by atoms with Crippen molar-refractivity contribution < 1.29 is 23.9 Å². The Morgan fingerprint density at radius 1 is 1.20 bits per heavy atom. The number of likely N-dealkylation sites (tertiary alicyclic amines) is 1. The van der Waals surface area contributed by atoms with Crippen molar-refractivity contribution in [1.82, 2.24) is 15.8 Å². The lowest BCUT2D eigenvalue weighted by Gasteiger charge is -2.17. The molecule has 1 saturated heterocycles. The minimum atomic E-state index is -0.799. The van der Waals surface area contributed by atoms with Gasteiger partial charge in [0.1, 0.15) is 18.0 Å². The molecule has 1 aromatic carbocycles. The molecule has 1 aromatic rings. The minimum absolute atomic E-state index is 0.0475. The van der Waals surface area contributed by atoms with Gasteiger partial charge in [0.15, 0.2) is 6.10 Å². The van der Waals surface area contributed by atoms with Crippen LogP contribution in [0.1, 0.15) is 26.7 Å². The van der Waals surface area contributed by atoms with Crippen LogP contribution in [0.3, 0.4) is 0 Å². The Balaban J connectivity index is 1.73. The molecule has 8 nitrogen and oxygen atoms in total. The second kappa shape index (κ2) is 8.91. The molecule has 0 aromatic heterocycles. The van der Waals surface area contributed by atoms with Gasteiger partial charge in [0, 0.05) is 13.0 Å². The number of ether oxygens (including phenoxy) is 2. The van der Waals surface area contributed by atoms with Gasteiger partial charge in [0.2, 0.25) is 5.91 Å². The van der Waals surface area contributed by atoms with E-state index >= 15 is 0 Å². The van der Waals surface area contributed by atoms with Crippen LogP contribution in [0.25, 0.3) is 0 Å². The van der Waals surface area contributed by atoms with E-state index in [2.05, 4.69) is 10.9 Å². The average molecular weight is 349 g/mol. The van der Waals surface area contributed by atoms with Crippen LogP contribution in [0.5, 0.6) is 11.5 Å². The zero-order valence-electron chi connectivity index (χ0n) is 14.4. The highest BCUT2D eigenvalue weighted by atomic mass is 16.5. The molecule has 136 valence electrons. The van der Waals surface area contributed by atoms with Crippen LogP contribution >= 0.6 is 0 Å².